The molecule has 0 fully saturated rings. The van der Waals surface area contributed by atoms with Crippen LogP contribution in [0.2, 0.25) is 0 Å². The van der Waals surface area contributed by atoms with E-state index in [9.17, 15) is 0 Å². The Morgan fingerprint density at radius 2 is 2.12 bits per heavy atom. The molecule has 0 aliphatic carbocycles. The lowest BCUT2D eigenvalue weighted by atomic mass is 10.1. The molecule has 0 aliphatic heterocycles. The van der Waals surface area contributed by atoms with Crippen LogP contribution >= 0.6 is 11.3 Å². The standard InChI is InChI=1S/C12H23N3S/c1-5-9(3)8-15(6-2)12-14-10(4)11(7-13)16-12/h9H,5-8,13H2,1-4H3. The minimum atomic E-state index is 0.602. The normalized spacial score (nSPS) is 12.8. The van der Waals surface area contributed by atoms with Crippen molar-refractivity contribution in [3.05, 3.63) is 10.6 Å². The number of aromatic nitrogens is 1. The molecule has 0 saturated carbocycles. The van der Waals surface area contributed by atoms with Crippen LogP contribution in [-0.4, -0.2) is 18.1 Å². The molecule has 3 nitrogen and oxygen atoms in total. The molecule has 0 aromatic carbocycles. The van der Waals surface area contributed by atoms with E-state index >= 15 is 0 Å². The van der Waals surface area contributed by atoms with Crippen LogP contribution in [0.1, 0.15) is 37.8 Å². The first-order valence-corrected chi connectivity index (χ1v) is 6.85. The van der Waals surface area contributed by atoms with Gasteiger partial charge in [0.2, 0.25) is 0 Å². The van der Waals surface area contributed by atoms with Crippen LogP contribution < -0.4 is 10.6 Å². The van der Waals surface area contributed by atoms with Crippen molar-refractivity contribution < 1.29 is 0 Å². The topological polar surface area (TPSA) is 42.2 Å². The lowest BCUT2D eigenvalue weighted by Gasteiger charge is -2.23. The highest BCUT2D eigenvalue weighted by atomic mass is 32.1. The van der Waals surface area contributed by atoms with Crippen molar-refractivity contribution in [1.29, 1.82) is 0 Å². The van der Waals surface area contributed by atoms with E-state index in [0.29, 0.717) is 12.5 Å². The summed E-state index contributed by atoms with van der Waals surface area (Å²) in [6.45, 7) is 11.4. The first-order valence-electron chi connectivity index (χ1n) is 6.03. The van der Waals surface area contributed by atoms with Gasteiger partial charge in [-0.15, -0.1) is 11.3 Å². The van der Waals surface area contributed by atoms with Gasteiger partial charge in [-0.3, -0.25) is 0 Å². The molecule has 1 heterocycles. The maximum absolute atomic E-state index is 5.68. The van der Waals surface area contributed by atoms with Gasteiger partial charge in [0.25, 0.3) is 0 Å². The van der Waals surface area contributed by atoms with Crippen molar-refractivity contribution in [2.45, 2.75) is 40.7 Å². The highest BCUT2D eigenvalue weighted by molar-refractivity contribution is 7.15. The lowest BCUT2D eigenvalue weighted by molar-refractivity contribution is 0.547. The third-order valence-electron chi connectivity index (χ3n) is 2.95. The third-order valence-corrected chi connectivity index (χ3v) is 4.19. The number of thiazole rings is 1. The number of rotatable bonds is 6. The molecule has 0 bridgehead atoms. The van der Waals surface area contributed by atoms with E-state index in [1.165, 1.54) is 11.3 Å². The van der Waals surface area contributed by atoms with Crippen LogP contribution in [0.3, 0.4) is 0 Å². The van der Waals surface area contributed by atoms with E-state index in [0.717, 1.165) is 23.9 Å². The predicted molar refractivity (Wildman–Crippen MR) is 72.1 cm³/mol. The van der Waals surface area contributed by atoms with Gasteiger partial charge in [-0.25, -0.2) is 4.98 Å². The molecule has 0 aliphatic rings. The summed E-state index contributed by atoms with van der Waals surface area (Å²) in [5, 5.41) is 1.13. The molecule has 0 saturated heterocycles. The number of nitrogens with two attached hydrogens (primary N) is 1. The van der Waals surface area contributed by atoms with Crippen LogP contribution in [0, 0.1) is 12.8 Å². The minimum absolute atomic E-state index is 0.602. The maximum Gasteiger partial charge on any atom is 0.185 e. The van der Waals surface area contributed by atoms with Crippen molar-refractivity contribution in [1.82, 2.24) is 4.98 Å². The van der Waals surface area contributed by atoms with Gasteiger partial charge in [-0.2, -0.15) is 0 Å². The smallest absolute Gasteiger partial charge is 0.185 e. The first-order chi connectivity index (χ1) is 7.62. The number of nitrogens with zero attached hydrogens (tertiary/aromatic N) is 2. The van der Waals surface area contributed by atoms with Crippen LogP contribution in [0.5, 0.6) is 0 Å². The summed E-state index contributed by atoms with van der Waals surface area (Å²) in [7, 11) is 0. The molecule has 0 radical (unpaired) electrons. The van der Waals surface area contributed by atoms with Gasteiger partial charge < -0.3 is 10.6 Å². The van der Waals surface area contributed by atoms with Crippen molar-refractivity contribution >= 4 is 16.5 Å². The molecule has 1 aromatic rings. The van der Waals surface area contributed by atoms with E-state index in [1.54, 1.807) is 11.3 Å². The molecule has 1 rings (SSSR count). The monoisotopic (exact) mass is 241 g/mol. The molecule has 0 amide bonds. The largest absolute Gasteiger partial charge is 0.348 e. The molecule has 1 unspecified atom stereocenters. The van der Waals surface area contributed by atoms with Crippen LogP contribution in [0.15, 0.2) is 0 Å². The summed E-state index contributed by atoms with van der Waals surface area (Å²) in [5.74, 6) is 0.713. The summed E-state index contributed by atoms with van der Waals surface area (Å²) >= 11 is 1.73. The molecular formula is C12H23N3S. The second kappa shape index (κ2) is 6.21. The number of anilines is 1. The van der Waals surface area contributed by atoms with Gasteiger partial charge in [-0.05, 0) is 19.8 Å². The molecule has 16 heavy (non-hydrogen) atoms. The van der Waals surface area contributed by atoms with Gasteiger partial charge in [0.05, 0.1) is 5.69 Å². The zero-order chi connectivity index (χ0) is 12.1. The lowest BCUT2D eigenvalue weighted by Crippen LogP contribution is -2.27. The zero-order valence-corrected chi connectivity index (χ0v) is 11.6. The Labute approximate surface area is 103 Å². The molecular weight excluding hydrogens is 218 g/mol. The molecule has 92 valence electrons. The van der Waals surface area contributed by atoms with Gasteiger partial charge in [-0.1, -0.05) is 20.3 Å². The van der Waals surface area contributed by atoms with E-state index in [1.807, 2.05) is 6.92 Å². The summed E-state index contributed by atoms with van der Waals surface area (Å²) in [5.41, 5.74) is 6.77. The van der Waals surface area contributed by atoms with Crippen LogP contribution in [0.4, 0.5) is 5.13 Å². The molecule has 1 aromatic heterocycles. The molecule has 4 heteroatoms. The summed E-state index contributed by atoms with van der Waals surface area (Å²) in [6, 6.07) is 0. The number of hydrogen-bond donors (Lipinski definition) is 1. The Morgan fingerprint density at radius 1 is 1.44 bits per heavy atom. The van der Waals surface area contributed by atoms with Crippen molar-refractivity contribution in [3.63, 3.8) is 0 Å². The Morgan fingerprint density at radius 3 is 2.56 bits per heavy atom. The van der Waals surface area contributed by atoms with Gasteiger partial charge in [0.1, 0.15) is 0 Å². The number of hydrogen-bond acceptors (Lipinski definition) is 4. The van der Waals surface area contributed by atoms with Crippen LogP contribution in [-0.2, 0) is 6.54 Å². The SMILES string of the molecule is CCC(C)CN(CC)c1nc(C)c(CN)s1. The summed E-state index contributed by atoms with van der Waals surface area (Å²) < 4.78 is 0. The molecule has 1 atom stereocenters. The highest BCUT2D eigenvalue weighted by Gasteiger charge is 2.13. The molecule has 0 spiro atoms. The van der Waals surface area contributed by atoms with Gasteiger partial charge in [0.15, 0.2) is 5.13 Å². The van der Waals surface area contributed by atoms with Crippen molar-refractivity contribution in [2.75, 3.05) is 18.0 Å². The third kappa shape index (κ3) is 3.19. The van der Waals surface area contributed by atoms with E-state index in [4.69, 9.17) is 5.73 Å². The summed E-state index contributed by atoms with van der Waals surface area (Å²) in [6.07, 6.45) is 1.21. The van der Waals surface area contributed by atoms with Crippen molar-refractivity contribution in [2.24, 2.45) is 11.7 Å². The van der Waals surface area contributed by atoms with E-state index in [2.05, 4.69) is 30.7 Å². The van der Waals surface area contributed by atoms with Crippen molar-refractivity contribution in [3.8, 4) is 0 Å². The maximum atomic E-state index is 5.68. The van der Waals surface area contributed by atoms with Gasteiger partial charge >= 0.3 is 0 Å². The minimum Gasteiger partial charge on any atom is -0.348 e. The fourth-order valence-corrected chi connectivity index (χ4v) is 2.60. The Bertz CT molecular complexity index is 322. The highest BCUT2D eigenvalue weighted by Crippen LogP contribution is 2.26. The van der Waals surface area contributed by atoms with E-state index < -0.39 is 0 Å². The predicted octanol–water partition coefficient (Wildman–Crippen LogP) is 2.78. The second-order valence-corrected chi connectivity index (χ2v) is 5.32. The average Bonchev–Trinajstić information content (AvgIpc) is 2.66. The Balaban J connectivity index is 2.78. The van der Waals surface area contributed by atoms with Crippen LogP contribution in [0.25, 0.3) is 0 Å². The molecule has 2 N–H and O–H groups in total. The van der Waals surface area contributed by atoms with E-state index in [-0.39, 0.29) is 0 Å². The second-order valence-electron chi connectivity index (χ2n) is 4.26. The van der Waals surface area contributed by atoms with Gasteiger partial charge in [0, 0.05) is 24.5 Å². The Kier molecular flexibility index (Phi) is 5.22. The summed E-state index contributed by atoms with van der Waals surface area (Å²) in [4.78, 5) is 8.16. The average molecular weight is 241 g/mol. The fraction of sp³-hybridized carbons (Fsp3) is 0.750. The fourth-order valence-electron chi connectivity index (χ4n) is 1.59. The number of aryl methyl sites for hydroxylation is 1. The quantitative estimate of drug-likeness (QED) is 0.832. The Hall–Kier alpha value is -0.610. The first kappa shape index (κ1) is 13.5. The zero-order valence-electron chi connectivity index (χ0n) is 10.8.